The highest BCUT2D eigenvalue weighted by Crippen LogP contribution is 2.15. The van der Waals surface area contributed by atoms with Gasteiger partial charge in [-0.05, 0) is 32.9 Å². The van der Waals surface area contributed by atoms with Gasteiger partial charge in [0, 0.05) is 26.2 Å². The summed E-state index contributed by atoms with van der Waals surface area (Å²) in [5.74, 6) is 2.77. The van der Waals surface area contributed by atoms with Crippen LogP contribution in [0.25, 0.3) is 0 Å². The molecule has 1 amide bonds. The lowest BCUT2D eigenvalue weighted by molar-refractivity contribution is 0.0586. The molecule has 1 aliphatic heterocycles. The van der Waals surface area contributed by atoms with Crippen molar-refractivity contribution in [1.29, 1.82) is 0 Å². The summed E-state index contributed by atoms with van der Waals surface area (Å²) in [5, 5.41) is 0. The van der Waals surface area contributed by atoms with E-state index in [1.54, 1.807) is 6.07 Å². The van der Waals surface area contributed by atoms with Crippen molar-refractivity contribution in [1.82, 2.24) is 14.8 Å². The number of nitrogens with zero attached hydrogens (tertiary/aromatic N) is 3. The zero-order valence-electron chi connectivity index (χ0n) is 13.3. The van der Waals surface area contributed by atoms with E-state index in [0.717, 1.165) is 36.2 Å². The number of rotatable bonds is 3. The summed E-state index contributed by atoms with van der Waals surface area (Å²) in [6.07, 6.45) is 0. The molecule has 3 rings (SSSR count). The third-order valence-corrected chi connectivity index (χ3v) is 4.04. The number of hydrogen-bond donors (Lipinski definition) is 0. The number of aromatic nitrogens is 1. The van der Waals surface area contributed by atoms with Crippen molar-refractivity contribution >= 4 is 5.91 Å². The Morgan fingerprint density at radius 1 is 1.14 bits per heavy atom. The summed E-state index contributed by atoms with van der Waals surface area (Å²) in [7, 11) is 0. The average molecular weight is 303 g/mol. The van der Waals surface area contributed by atoms with Gasteiger partial charge in [-0.3, -0.25) is 9.69 Å². The van der Waals surface area contributed by atoms with Gasteiger partial charge in [-0.25, -0.2) is 4.98 Å². The molecule has 0 aliphatic carbocycles. The predicted octanol–water partition coefficient (Wildman–Crippen LogP) is 2.15. The largest absolute Gasteiger partial charge is 0.456 e. The molecule has 1 saturated heterocycles. The van der Waals surface area contributed by atoms with E-state index in [1.807, 2.05) is 31.7 Å². The molecule has 0 saturated carbocycles. The number of furan rings is 1. The lowest BCUT2D eigenvalue weighted by atomic mass is 10.3. The lowest BCUT2D eigenvalue weighted by Gasteiger charge is -2.33. The number of oxazole rings is 1. The van der Waals surface area contributed by atoms with Gasteiger partial charge in [-0.2, -0.15) is 0 Å². The quantitative estimate of drug-likeness (QED) is 0.869. The van der Waals surface area contributed by atoms with Gasteiger partial charge in [0.25, 0.3) is 5.91 Å². The Bertz CT molecular complexity index is 646. The highest BCUT2D eigenvalue weighted by atomic mass is 16.4. The van der Waals surface area contributed by atoms with Crippen LogP contribution in [-0.2, 0) is 6.54 Å². The van der Waals surface area contributed by atoms with Crippen LogP contribution < -0.4 is 0 Å². The fourth-order valence-corrected chi connectivity index (χ4v) is 2.61. The molecule has 0 atom stereocenters. The Morgan fingerprint density at radius 2 is 1.86 bits per heavy atom. The molecule has 0 unspecified atom stereocenters. The molecular formula is C16H21N3O3. The number of aryl methyl sites for hydroxylation is 3. The van der Waals surface area contributed by atoms with Gasteiger partial charge >= 0.3 is 0 Å². The van der Waals surface area contributed by atoms with Crippen molar-refractivity contribution < 1.29 is 13.6 Å². The highest BCUT2D eigenvalue weighted by Gasteiger charge is 2.24. The maximum atomic E-state index is 12.3. The Labute approximate surface area is 129 Å². The van der Waals surface area contributed by atoms with Crippen LogP contribution in [-0.4, -0.2) is 46.9 Å². The summed E-state index contributed by atoms with van der Waals surface area (Å²) in [6, 6.07) is 3.55. The normalized spacial score (nSPS) is 16.2. The molecule has 2 aromatic rings. The van der Waals surface area contributed by atoms with Gasteiger partial charge < -0.3 is 13.7 Å². The van der Waals surface area contributed by atoms with Crippen LogP contribution in [0.1, 0.15) is 33.7 Å². The number of hydrogen-bond acceptors (Lipinski definition) is 5. The van der Waals surface area contributed by atoms with Crippen LogP contribution in [0.4, 0.5) is 0 Å². The standard InChI is InChI=1S/C16H21N3O3/c1-11-4-5-14(21-11)16(20)19-8-6-18(7-9-19)10-15-17-12(2)13(3)22-15/h4-5H,6-10H2,1-3H3. The van der Waals surface area contributed by atoms with Crippen molar-refractivity contribution in [2.45, 2.75) is 27.3 Å². The Hall–Kier alpha value is -2.08. The monoisotopic (exact) mass is 303 g/mol. The van der Waals surface area contributed by atoms with Crippen molar-refractivity contribution in [2.75, 3.05) is 26.2 Å². The fraction of sp³-hybridized carbons (Fsp3) is 0.500. The Kier molecular flexibility index (Phi) is 4.02. The van der Waals surface area contributed by atoms with Gasteiger partial charge in [0.1, 0.15) is 11.5 Å². The molecule has 3 heterocycles. The zero-order chi connectivity index (χ0) is 15.7. The van der Waals surface area contributed by atoms with Crippen LogP contribution in [0.2, 0.25) is 0 Å². The molecule has 0 bridgehead atoms. The molecule has 2 aromatic heterocycles. The second-order valence-corrected chi connectivity index (χ2v) is 5.73. The first-order chi connectivity index (χ1) is 10.5. The first kappa shape index (κ1) is 14.8. The van der Waals surface area contributed by atoms with Gasteiger partial charge in [0.05, 0.1) is 12.2 Å². The second-order valence-electron chi connectivity index (χ2n) is 5.73. The van der Waals surface area contributed by atoms with Crippen molar-refractivity contribution in [2.24, 2.45) is 0 Å². The highest BCUT2D eigenvalue weighted by molar-refractivity contribution is 5.91. The molecular weight excluding hydrogens is 282 g/mol. The molecule has 0 N–H and O–H groups in total. The summed E-state index contributed by atoms with van der Waals surface area (Å²) in [5.41, 5.74) is 0.942. The Balaban J connectivity index is 1.55. The number of amides is 1. The maximum Gasteiger partial charge on any atom is 0.289 e. The molecule has 0 radical (unpaired) electrons. The van der Waals surface area contributed by atoms with E-state index < -0.39 is 0 Å². The summed E-state index contributed by atoms with van der Waals surface area (Å²) in [4.78, 5) is 20.8. The minimum absolute atomic E-state index is 0.0319. The van der Waals surface area contributed by atoms with Crippen molar-refractivity contribution in [3.63, 3.8) is 0 Å². The number of carbonyl (C=O) groups is 1. The molecule has 6 heteroatoms. The fourth-order valence-electron chi connectivity index (χ4n) is 2.61. The molecule has 1 aliphatic rings. The van der Waals surface area contributed by atoms with Gasteiger partial charge in [-0.15, -0.1) is 0 Å². The lowest BCUT2D eigenvalue weighted by Crippen LogP contribution is -2.48. The number of carbonyl (C=O) groups excluding carboxylic acids is 1. The smallest absolute Gasteiger partial charge is 0.289 e. The molecule has 0 aromatic carbocycles. The SMILES string of the molecule is Cc1ccc(C(=O)N2CCN(Cc3nc(C)c(C)o3)CC2)o1. The third kappa shape index (κ3) is 3.06. The first-order valence-electron chi connectivity index (χ1n) is 7.54. The summed E-state index contributed by atoms with van der Waals surface area (Å²) in [6.45, 7) is 9.41. The minimum Gasteiger partial charge on any atom is -0.456 e. The van der Waals surface area contributed by atoms with E-state index in [0.29, 0.717) is 25.4 Å². The summed E-state index contributed by atoms with van der Waals surface area (Å²) < 4.78 is 11.0. The van der Waals surface area contributed by atoms with E-state index >= 15 is 0 Å². The second kappa shape index (κ2) is 5.96. The molecule has 1 fully saturated rings. The van der Waals surface area contributed by atoms with Gasteiger partial charge in [0.2, 0.25) is 5.89 Å². The van der Waals surface area contributed by atoms with Gasteiger partial charge in [0.15, 0.2) is 5.76 Å². The Morgan fingerprint density at radius 3 is 2.41 bits per heavy atom. The van der Waals surface area contributed by atoms with Crippen molar-refractivity contribution in [3.8, 4) is 0 Å². The molecule has 118 valence electrons. The van der Waals surface area contributed by atoms with Crippen LogP contribution in [0.5, 0.6) is 0 Å². The van der Waals surface area contributed by atoms with E-state index in [2.05, 4.69) is 9.88 Å². The topological polar surface area (TPSA) is 62.7 Å². The van der Waals surface area contributed by atoms with E-state index in [1.165, 1.54) is 0 Å². The summed E-state index contributed by atoms with van der Waals surface area (Å²) >= 11 is 0. The van der Waals surface area contributed by atoms with E-state index in [-0.39, 0.29) is 5.91 Å². The van der Waals surface area contributed by atoms with Crippen LogP contribution in [0.15, 0.2) is 21.0 Å². The van der Waals surface area contributed by atoms with Crippen LogP contribution in [0.3, 0.4) is 0 Å². The van der Waals surface area contributed by atoms with Crippen LogP contribution >= 0.6 is 0 Å². The third-order valence-electron chi connectivity index (χ3n) is 4.04. The van der Waals surface area contributed by atoms with E-state index in [4.69, 9.17) is 8.83 Å². The zero-order valence-corrected chi connectivity index (χ0v) is 13.3. The molecule has 0 spiro atoms. The number of piperazine rings is 1. The van der Waals surface area contributed by atoms with Crippen LogP contribution in [0, 0.1) is 20.8 Å². The van der Waals surface area contributed by atoms with Crippen molar-refractivity contribution in [3.05, 3.63) is 41.0 Å². The van der Waals surface area contributed by atoms with Gasteiger partial charge in [-0.1, -0.05) is 0 Å². The maximum absolute atomic E-state index is 12.3. The minimum atomic E-state index is -0.0319. The van der Waals surface area contributed by atoms with E-state index in [9.17, 15) is 4.79 Å². The first-order valence-corrected chi connectivity index (χ1v) is 7.54. The average Bonchev–Trinajstić information content (AvgIpc) is 3.06. The predicted molar refractivity (Wildman–Crippen MR) is 80.6 cm³/mol. The molecule has 6 nitrogen and oxygen atoms in total. The molecule has 22 heavy (non-hydrogen) atoms.